The highest BCUT2D eigenvalue weighted by Crippen LogP contribution is 2.22. The first-order chi connectivity index (χ1) is 17.2. The van der Waals surface area contributed by atoms with Crippen molar-refractivity contribution < 1.29 is 19.1 Å². The third-order valence-corrected chi connectivity index (χ3v) is 6.58. The van der Waals surface area contributed by atoms with E-state index in [1.54, 1.807) is 18.1 Å². The summed E-state index contributed by atoms with van der Waals surface area (Å²) in [6, 6.07) is 11.7. The molecule has 0 unspecified atom stereocenters. The number of carbonyl (C=O) groups excluding carboxylic acids is 2. The van der Waals surface area contributed by atoms with Gasteiger partial charge in [-0.15, -0.1) is 0 Å². The first kappa shape index (κ1) is 26.9. The van der Waals surface area contributed by atoms with Crippen LogP contribution >= 0.6 is 0 Å². The number of esters is 1. The molecule has 3 rings (SSSR count). The second-order valence-corrected chi connectivity index (χ2v) is 9.47. The number of hydrogen-bond acceptors (Lipinski definition) is 6. The van der Waals surface area contributed by atoms with E-state index >= 15 is 0 Å². The Labute approximate surface area is 213 Å². The van der Waals surface area contributed by atoms with Gasteiger partial charge in [0.15, 0.2) is 6.61 Å². The molecule has 1 aromatic carbocycles. The maximum atomic E-state index is 12.6. The molecule has 0 atom stereocenters. The fourth-order valence-electron chi connectivity index (χ4n) is 4.30. The molecule has 192 valence electrons. The first-order valence-corrected chi connectivity index (χ1v) is 12.4. The van der Waals surface area contributed by atoms with Crippen molar-refractivity contribution in [2.45, 2.75) is 40.7 Å². The number of rotatable bonds is 9. The molecule has 0 saturated carbocycles. The molecule has 1 aliphatic rings. The van der Waals surface area contributed by atoms with Crippen LogP contribution in [0.2, 0.25) is 0 Å². The molecule has 0 radical (unpaired) electrons. The third-order valence-electron chi connectivity index (χ3n) is 6.58. The van der Waals surface area contributed by atoms with Crippen LogP contribution in [-0.4, -0.2) is 61.2 Å². The van der Waals surface area contributed by atoms with E-state index in [1.807, 2.05) is 50.2 Å². The number of methoxy groups -OCH3 is 1. The minimum Gasteiger partial charge on any atom is -0.497 e. The number of aromatic nitrogens is 1. The zero-order valence-corrected chi connectivity index (χ0v) is 21.9. The van der Waals surface area contributed by atoms with Gasteiger partial charge in [0.05, 0.1) is 7.11 Å². The number of anilines is 1. The smallest absolute Gasteiger partial charge is 0.349 e. The van der Waals surface area contributed by atoms with Crippen LogP contribution in [0.5, 0.6) is 5.75 Å². The van der Waals surface area contributed by atoms with Gasteiger partial charge in [0.1, 0.15) is 17.4 Å². The SMILES string of the molecule is COc1ccc(N2CCN(C(=O)COC(=O)C(C#N)=Cc3cc(C)n(CCC(C)C)c3C)CC2)cc1. The van der Waals surface area contributed by atoms with Gasteiger partial charge in [-0.25, -0.2) is 4.79 Å². The average molecular weight is 493 g/mol. The van der Waals surface area contributed by atoms with E-state index in [4.69, 9.17) is 9.47 Å². The standard InChI is InChI=1S/C28H36N4O4/c1-20(2)10-11-32-21(3)16-23(22(32)4)17-24(18-29)28(34)36-19-27(33)31-14-12-30(13-15-31)25-6-8-26(35-5)9-7-25/h6-9,16-17,20H,10-15,19H2,1-5H3. The minimum atomic E-state index is -0.783. The van der Waals surface area contributed by atoms with E-state index < -0.39 is 5.97 Å². The van der Waals surface area contributed by atoms with Crippen molar-refractivity contribution in [2.24, 2.45) is 5.92 Å². The van der Waals surface area contributed by atoms with Gasteiger partial charge in [0, 0.05) is 49.8 Å². The molecule has 1 aromatic heterocycles. The van der Waals surface area contributed by atoms with Gasteiger partial charge in [-0.1, -0.05) is 13.8 Å². The highest BCUT2D eigenvalue weighted by molar-refractivity contribution is 5.99. The Hall–Kier alpha value is -3.73. The Morgan fingerprint density at radius 3 is 2.36 bits per heavy atom. The predicted molar refractivity (Wildman–Crippen MR) is 140 cm³/mol. The van der Waals surface area contributed by atoms with Gasteiger partial charge in [-0.2, -0.15) is 5.26 Å². The Bertz CT molecular complexity index is 1130. The molecule has 8 nitrogen and oxygen atoms in total. The molecule has 2 aromatic rings. The van der Waals surface area contributed by atoms with Crippen LogP contribution in [0.15, 0.2) is 35.9 Å². The van der Waals surface area contributed by atoms with E-state index in [9.17, 15) is 14.9 Å². The minimum absolute atomic E-state index is 0.115. The van der Waals surface area contributed by atoms with E-state index in [0.717, 1.165) is 41.4 Å². The first-order valence-electron chi connectivity index (χ1n) is 12.4. The van der Waals surface area contributed by atoms with Gasteiger partial charge in [0.25, 0.3) is 5.91 Å². The number of amides is 1. The van der Waals surface area contributed by atoms with Crippen molar-refractivity contribution in [3.05, 3.63) is 52.9 Å². The molecule has 1 aliphatic heterocycles. The van der Waals surface area contributed by atoms with Crippen molar-refractivity contribution in [1.82, 2.24) is 9.47 Å². The zero-order chi connectivity index (χ0) is 26.2. The summed E-state index contributed by atoms with van der Waals surface area (Å²) in [5, 5.41) is 9.55. The van der Waals surface area contributed by atoms with Crippen molar-refractivity contribution >= 4 is 23.6 Å². The Balaban J connectivity index is 1.54. The molecule has 0 N–H and O–H groups in total. The number of nitriles is 1. The van der Waals surface area contributed by atoms with Gasteiger partial charge < -0.3 is 23.8 Å². The molecule has 36 heavy (non-hydrogen) atoms. The quantitative estimate of drug-likeness (QED) is 0.299. The second kappa shape index (κ2) is 12.3. The van der Waals surface area contributed by atoms with Crippen molar-refractivity contribution in [1.29, 1.82) is 5.26 Å². The highest BCUT2D eigenvalue weighted by atomic mass is 16.5. The monoisotopic (exact) mass is 492 g/mol. The molecule has 0 spiro atoms. The third kappa shape index (κ3) is 6.69. The summed E-state index contributed by atoms with van der Waals surface area (Å²) in [7, 11) is 1.63. The van der Waals surface area contributed by atoms with Crippen molar-refractivity contribution in [3.8, 4) is 11.8 Å². The van der Waals surface area contributed by atoms with Crippen LogP contribution in [0.25, 0.3) is 6.08 Å². The zero-order valence-electron chi connectivity index (χ0n) is 21.9. The Morgan fingerprint density at radius 1 is 1.11 bits per heavy atom. The molecule has 1 fully saturated rings. The predicted octanol–water partition coefficient (Wildman–Crippen LogP) is 3.96. The molecular weight excluding hydrogens is 456 g/mol. The Morgan fingerprint density at radius 2 is 1.78 bits per heavy atom. The maximum absolute atomic E-state index is 12.6. The van der Waals surface area contributed by atoms with Crippen LogP contribution in [0.1, 0.15) is 37.2 Å². The molecule has 2 heterocycles. The topological polar surface area (TPSA) is 87.8 Å². The fraction of sp³-hybridized carbons (Fsp3) is 0.464. The number of hydrogen-bond donors (Lipinski definition) is 0. The van der Waals surface area contributed by atoms with Gasteiger partial charge in [-0.3, -0.25) is 4.79 Å². The summed E-state index contributed by atoms with van der Waals surface area (Å²) in [5.74, 6) is 0.337. The summed E-state index contributed by atoms with van der Waals surface area (Å²) in [6.45, 7) is 11.3. The van der Waals surface area contributed by atoms with Gasteiger partial charge >= 0.3 is 5.97 Å². The second-order valence-electron chi connectivity index (χ2n) is 9.47. The molecule has 0 bridgehead atoms. The lowest BCUT2D eigenvalue weighted by Crippen LogP contribution is -2.49. The molecular formula is C28H36N4O4. The highest BCUT2D eigenvalue weighted by Gasteiger charge is 2.23. The van der Waals surface area contributed by atoms with Crippen LogP contribution < -0.4 is 9.64 Å². The normalized spacial score (nSPS) is 14.1. The maximum Gasteiger partial charge on any atom is 0.349 e. The van der Waals surface area contributed by atoms with Gasteiger partial charge in [0.2, 0.25) is 0 Å². The number of carbonyl (C=O) groups is 2. The Kier molecular flexibility index (Phi) is 9.18. The van der Waals surface area contributed by atoms with Gasteiger partial charge in [-0.05, 0) is 68.2 Å². The fourth-order valence-corrected chi connectivity index (χ4v) is 4.30. The lowest BCUT2D eigenvalue weighted by atomic mass is 10.1. The van der Waals surface area contributed by atoms with Crippen molar-refractivity contribution in [2.75, 3.05) is 44.8 Å². The summed E-state index contributed by atoms with van der Waals surface area (Å²) in [5.41, 5.74) is 3.84. The van der Waals surface area contributed by atoms with E-state index in [1.165, 1.54) is 0 Å². The van der Waals surface area contributed by atoms with E-state index in [-0.39, 0.29) is 18.1 Å². The number of aryl methyl sites for hydroxylation is 1. The summed E-state index contributed by atoms with van der Waals surface area (Å²) < 4.78 is 12.6. The summed E-state index contributed by atoms with van der Waals surface area (Å²) in [4.78, 5) is 29.1. The summed E-state index contributed by atoms with van der Waals surface area (Å²) in [6.07, 6.45) is 2.60. The van der Waals surface area contributed by atoms with E-state index in [0.29, 0.717) is 32.1 Å². The number of piperazine rings is 1. The number of benzene rings is 1. The number of ether oxygens (including phenoxy) is 2. The lowest BCUT2D eigenvalue weighted by molar-refractivity contribution is -0.148. The average Bonchev–Trinajstić information content (AvgIpc) is 3.16. The van der Waals surface area contributed by atoms with Crippen LogP contribution in [-0.2, 0) is 20.9 Å². The summed E-state index contributed by atoms with van der Waals surface area (Å²) >= 11 is 0. The number of nitrogens with zero attached hydrogens (tertiary/aromatic N) is 4. The largest absolute Gasteiger partial charge is 0.497 e. The van der Waals surface area contributed by atoms with E-state index in [2.05, 4.69) is 23.3 Å². The van der Waals surface area contributed by atoms with Crippen LogP contribution in [0, 0.1) is 31.1 Å². The van der Waals surface area contributed by atoms with Crippen LogP contribution in [0.4, 0.5) is 5.69 Å². The molecule has 0 aliphatic carbocycles. The molecule has 1 saturated heterocycles. The lowest BCUT2D eigenvalue weighted by Gasteiger charge is -2.36. The van der Waals surface area contributed by atoms with Crippen LogP contribution in [0.3, 0.4) is 0 Å². The van der Waals surface area contributed by atoms with Crippen molar-refractivity contribution in [3.63, 3.8) is 0 Å². The molecule has 1 amide bonds. The molecule has 8 heteroatoms.